The highest BCUT2D eigenvalue weighted by Crippen LogP contribution is 2.01. The van der Waals surface area contributed by atoms with E-state index < -0.39 is 0 Å². The summed E-state index contributed by atoms with van der Waals surface area (Å²) in [5.41, 5.74) is 0.486. The zero-order chi connectivity index (χ0) is 11.7. The highest BCUT2D eigenvalue weighted by atomic mass is 32.1. The maximum atomic E-state index is 11.7. The van der Waals surface area contributed by atoms with Crippen molar-refractivity contribution in [2.45, 2.75) is 13.5 Å². The molecule has 0 atom stereocenters. The van der Waals surface area contributed by atoms with Crippen LogP contribution in [-0.2, 0) is 13.6 Å². The summed E-state index contributed by atoms with van der Waals surface area (Å²) >= 11 is 1.03. The minimum absolute atomic E-state index is 0.0329. The van der Waals surface area contributed by atoms with Crippen LogP contribution in [0.4, 0.5) is 0 Å². The molecule has 0 bridgehead atoms. The molecule has 0 saturated heterocycles. The van der Waals surface area contributed by atoms with Crippen molar-refractivity contribution >= 4 is 17.1 Å². The molecule has 0 N–H and O–H groups in total. The molecule has 2 heterocycles. The molecule has 0 aliphatic carbocycles. The fourth-order valence-electron chi connectivity index (χ4n) is 1.30. The van der Waals surface area contributed by atoms with Gasteiger partial charge in [0, 0.05) is 13.2 Å². The summed E-state index contributed by atoms with van der Waals surface area (Å²) in [4.78, 5) is 22.9. The van der Waals surface area contributed by atoms with E-state index in [-0.39, 0.29) is 17.2 Å². The highest BCUT2D eigenvalue weighted by Gasteiger charge is 2.11. The molecule has 0 unspecified atom stereocenters. The first kappa shape index (κ1) is 10.7. The number of carbonyl (C=O) groups is 1. The van der Waals surface area contributed by atoms with Gasteiger partial charge in [-0.05, 0) is 6.92 Å². The van der Waals surface area contributed by atoms with Gasteiger partial charge in [-0.3, -0.25) is 14.3 Å². The Bertz CT molecular complexity index is 580. The Hall–Kier alpha value is -1.76. The van der Waals surface area contributed by atoms with Gasteiger partial charge >= 0.3 is 4.87 Å². The number of aromatic nitrogens is 4. The lowest BCUT2D eigenvalue weighted by Crippen LogP contribution is -2.20. The summed E-state index contributed by atoms with van der Waals surface area (Å²) in [6.07, 6.45) is 3.10. The first-order valence-electron chi connectivity index (χ1n) is 4.62. The van der Waals surface area contributed by atoms with E-state index in [1.807, 2.05) is 0 Å². The van der Waals surface area contributed by atoms with Crippen LogP contribution in [0.25, 0.3) is 0 Å². The van der Waals surface area contributed by atoms with E-state index in [0.717, 1.165) is 11.3 Å². The number of aryl methyl sites for hydroxylation is 2. The molecule has 0 saturated carbocycles. The second kappa shape index (κ2) is 4.01. The first-order chi connectivity index (χ1) is 7.56. The molecule has 0 aliphatic rings. The van der Waals surface area contributed by atoms with Gasteiger partial charge in [-0.15, -0.1) is 0 Å². The molecule has 2 aromatic heterocycles. The zero-order valence-corrected chi connectivity index (χ0v) is 9.69. The minimum Gasteiger partial charge on any atom is -0.292 e. The van der Waals surface area contributed by atoms with Gasteiger partial charge < -0.3 is 0 Å². The van der Waals surface area contributed by atoms with Gasteiger partial charge in [0.15, 0.2) is 5.78 Å². The Kier molecular flexibility index (Phi) is 2.69. The average Bonchev–Trinajstić information content (AvgIpc) is 2.74. The maximum Gasteiger partial charge on any atom is 0.325 e. The summed E-state index contributed by atoms with van der Waals surface area (Å²) < 4.78 is 2.72. The van der Waals surface area contributed by atoms with E-state index >= 15 is 0 Å². The van der Waals surface area contributed by atoms with E-state index in [1.165, 1.54) is 10.9 Å². The van der Waals surface area contributed by atoms with Crippen molar-refractivity contribution in [2.75, 3.05) is 0 Å². The zero-order valence-electron chi connectivity index (χ0n) is 8.88. The van der Waals surface area contributed by atoms with Crippen LogP contribution >= 0.6 is 11.3 Å². The third-order valence-electron chi connectivity index (χ3n) is 2.03. The van der Waals surface area contributed by atoms with Crippen LogP contribution < -0.4 is 4.87 Å². The Morgan fingerprint density at radius 2 is 2.31 bits per heavy atom. The van der Waals surface area contributed by atoms with E-state index in [9.17, 15) is 9.59 Å². The fourth-order valence-corrected chi connectivity index (χ4v) is 1.91. The average molecular weight is 238 g/mol. The SMILES string of the molecule is Cc1nn(CC(=O)c2cnn(C)c2)c(=O)s1. The van der Waals surface area contributed by atoms with E-state index in [1.54, 1.807) is 24.9 Å². The van der Waals surface area contributed by atoms with Crippen molar-refractivity contribution in [3.63, 3.8) is 0 Å². The van der Waals surface area contributed by atoms with Crippen molar-refractivity contribution in [3.8, 4) is 0 Å². The third kappa shape index (κ3) is 2.08. The third-order valence-corrected chi connectivity index (χ3v) is 2.79. The second-order valence-electron chi connectivity index (χ2n) is 3.37. The number of hydrogen-bond acceptors (Lipinski definition) is 5. The summed E-state index contributed by atoms with van der Waals surface area (Å²) in [5.74, 6) is -0.166. The van der Waals surface area contributed by atoms with Gasteiger partial charge in [0.2, 0.25) is 0 Å². The molecule has 84 valence electrons. The number of carbonyl (C=O) groups excluding carboxylic acids is 1. The molecular formula is C9H10N4O2S. The molecular weight excluding hydrogens is 228 g/mol. The Labute approximate surface area is 95.1 Å². The first-order valence-corrected chi connectivity index (χ1v) is 5.44. The normalized spacial score (nSPS) is 10.6. The van der Waals surface area contributed by atoms with Crippen molar-refractivity contribution in [1.29, 1.82) is 0 Å². The summed E-state index contributed by atoms with van der Waals surface area (Å²) in [6, 6.07) is 0. The number of Topliss-reactive ketones (excluding diaryl/α,β-unsaturated/α-hetero) is 1. The fraction of sp³-hybridized carbons (Fsp3) is 0.333. The van der Waals surface area contributed by atoms with Gasteiger partial charge in [-0.1, -0.05) is 11.3 Å². The molecule has 2 aromatic rings. The Balaban J connectivity index is 2.20. The number of nitrogens with zero attached hydrogens (tertiary/aromatic N) is 4. The number of hydrogen-bond donors (Lipinski definition) is 0. The second-order valence-corrected chi connectivity index (χ2v) is 4.51. The van der Waals surface area contributed by atoms with Gasteiger partial charge in [-0.25, -0.2) is 4.68 Å². The van der Waals surface area contributed by atoms with Gasteiger partial charge in [-0.2, -0.15) is 10.2 Å². The van der Waals surface area contributed by atoms with Crippen LogP contribution in [-0.4, -0.2) is 25.3 Å². The molecule has 0 amide bonds. The standard InChI is InChI=1S/C9H10N4O2S/c1-6-11-13(9(15)16-6)5-8(14)7-3-10-12(2)4-7/h3-4H,5H2,1-2H3. The summed E-state index contributed by atoms with van der Waals surface area (Å²) in [5, 5.41) is 8.51. The molecule has 2 rings (SSSR count). The van der Waals surface area contributed by atoms with E-state index in [2.05, 4.69) is 10.2 Å². The van der Waals surface area contributed by atoms with Gasteiger partial charge in [0.1, 0.15) is 11.6 Å². The lowest BCUT2D eigenvalue weighted by molar-refractivity contribution is 0.0966. The number of rotatable bonds is 3. The predicted octanol–water partition coefficient (Wildman–Crippen LogP) is 0.230. The van der Waals surface area contributed by atoms with E-state index in [0.29, 0.717) is 10.6 Å². The van der Waals surface area contributed by atoms with Crippen LogP contribution in [0.1, 0.15) is 15.4 Å². The van der Waals surface area contributed by atoms with Crippen molar-refractivity contribution < 1.29 is 4.79 Å². The largest absolute Gasteiger partial charge is 0.325 e. The number of ketones is 1. The van der Waals surface area contributed by atoms with E-state index in [4.69, 9.17) is 0 Å². The Morgan fingerprint density at radius 3 is 2.81 bits per heavy atom. The molecule has 0 spiro atoms. The molecule has 6 nitrogen and oxygen atoms in total. The van der Waals surface area contributed by atoms with Crippen LogP contribution in [0.5, 0.6) is 0 Å². The van der Waals surface area contributed by atoms with Crippen molar-refractivity contribution in [3.05, 3.63) is 32.6 Å². The van der Waals surface area contributed by atoms with Crippen LogP contribution in [0.3, 0.4) is 0 Å². The van der Waals surface area contributed by atoms with Crippen LogP contribution in [0.2, 0.25) is 0 Å². The van der Waals surface area contributed by atoms with Crippen LogP contribution in [0.15, 0.2) is 17.2 Å². The quantitative estimate of drug-likeness (QED) is 0.718. The molecule has 0 aromatic carbocycles. The van der Waals surface area contributed by atoms with Crippen LogP contribution in [0, 0.1) is 6.92 Å². The molecule has 0 fully saturated rings. The molecule has 0 aliphatic heterocycles. The highest BCUT2D eigenvalue weighted by molar-refractivity contribution is 7.08. The van der Waals surface area contributed by atoms with Crippen molar-refractivity contribution in [2.24, 2.45) is 7.05 Å². The van der Waals surface area contributed by atoms with Gasteiger partial charge in [0.25, 0.3) is 0 Å². The van der Waals surface area contributed by atoms with Crippen molar-refractivity contribution in [1.82, 2.24) is 19.6 Å². The monoisotopic (exact) mass is 238 g/mol. The predicted molar refractivity (Wildman–Crippen MR) is 58.6 cm³/mol. The smallest absolute Gasteiger partial charge is 0.292 e. The van der Waals surface area contributed by atoms with Gasteiger partial charge in [0.05, 0.1) is 11.8 Å². The summed E-state index contributed by atoms with van der Waals surface area (Å²) in [7, 11) is 1.73. The molecule has 0 radical (unpaired) electrons. The lowest BCUT2D eigenvalue weighted by Gasteiger charge is -1.96. The molecule has 16 heavy (non-hydrogen) atoms. The molecule has 7 heteroatoms. The maximum absolute atomic E-state index is 11.7. The topological polar surface area (TPSA) is 69.8 Å². The summed E-state index contributed by atoms with van der Waals surface area (Å²) in [6.45, 7) is 1.70. The minimum atomic E-state index is -0.213. The Morgan fingerprint density at radius 1 is 1.56 bits per heavy atom. The lowest BCUT2D eigenvalue weighted by atomic mass is 10.2.